The minimum Gasteiger partial charge on any atom is -0.359 e. The summed E-state index contributed by atoms with van der Waals surface area (Å²) in [5.41, 5.74) is 5.60. The molecule has 0 aliphatic carbocycles. The molecule has 0 bridgehead atoms. The average molecular weight is 172 g/mol. The molecule has 0 spiro atoms. The van der Waals surface area contributed by atoms with Gasteiger partial charge >= 0.3 is 0 Å². The highest BCUT2D eigenvalue weighted by atomic mass is 15.1. The maximum atomic E-state index is 5.60. The monoisotopic (exact) mass is 172 g/mol. The molecular weight excluding hydrogens is 152 g/mol. The van der Waals surface area contributed by atoms with Crippen LogP contribution in [0, 0.1) is 0 Å². The van der Waals surface area contributed by atoms with Crippen molar-refractivity contribution < 1.29 is 0 Å². The lowest BCUT2D eigenvalue weighted by Gasteiger charge is -2.08. The first-order valence-corrected chi connectivity index (χ1v) is 4.34. The van der Waals surface area contributed by atoms with Crippen LogP contribution in [0.3, 0.4) is 0 Å². The van der Waals surface area contributed by atoms with Crippen molar-refractivity contribution in [3.63, 3.8) is 0 Å². The molecule has 4 heteroatoms. The van der Waals surface area contributed by atoms with Gasteiger partial charge in [-0.2, -0.15) is 0 Å². The van der Waals surface area contributed by atoms with Gasteiger partial charge in [-0.1, -0.05) is 0 Å². The van der Waals surface area contributed by atoms with Crippen LogP contribution in [0.15, 0.2) is 4.99 Å². The van der Waals surface area contributed by atoms with Crippen LogP contribution >= 0.6 is 0 Å². The smallest absolute Gasteiger partial charge is 0.190 e. The predicted molar refractivity (Wildman–Crippen MR) is 53.3 cm³/mol. The highest BCUT2D eigenvalue weighted by Gasteiger charge is 1.95. The first kappa shape index (κ1) is 11.2. The fourth-order valence-electron chi connectivity index (χ4n) is 0.910. The first-order valence-electron chi connectivity index (χ1n) is 4.34. The molecule has 1 unspecified atom stereocenters. The zero-order valence-corrected chi connectivity index (χ0v) is 8.22. The molecule has 0 saturated carbocycles. The number of rotatable bonds is 4. The lowest BCUT2D eigenvalue weighted by molar-refractivity contribution is 0.613. The lowest BCUT2D eigenvalue weighted by Crippen LogP contribution is -2.35. The Labute approximate surface area is 74.6 Å². The highest BCUT2D eigenvalue weighted by molar-refractivity contribution is 5.79. The van der Waals surface area contributed by atoms with Crippen LogP contribution in [0.2, 0.25) is 0 Å². The van der Waals surface area contributed by atoms with E-state index in [9.17, 15) is 0 Å². The molecule has 0 aromatic rings. The summed E-state index contributed by atoms with van der Waals surface area (Å²) < 4.78 is 0. The molecule has 72 valence electrons. The molecule has 0 fully saturated rings. The third kappa shape index (κ3) is 5.97. The van der Waals surface area contributed by atoms with E-state index in [1.807, 2.05) is 14.0 Å². The van der Waals surface area contributed by atoms with E-state index in [4.69, 9.17) is 5.73 Å². The predicted octanol–water partition coefficient (Wildman–Crippen LogP) is -0.0914. The van der Waals surface area contributed by atoms with Gasteiger partial charge in [0, 0.05) is 26.7 Å². The van der Waals surface area contributed by atoms with E-state index >= 15 is 0 Å². The Morgan fingerprint density at radius 3 is 2.67 bits per heavy atom. The van der Waals surface area contributed by atoms with Gasteiger partial charge in [-0.3, -0.25) is 4.99 Å². The standard InChI is InChI=1S/C8H20N4/c1-7(9)5-4-6-12-8(10-2)11-3/h7H,4-6,9H2,1-3H3,(H2,10,11,12). The van der Waals surface area contributed by atoms with Crippen LogP contribution in [0.5, 0.6) is 0 Å². The summed E-state index contributed by atoms with van der Waals surface area (Å²) >= 11 is 0. The minimum absolute atomic E-state index is 0.295. The Morgan fingerprint density at radius 2 is 2.25 bits per heavy atom. The maximum Gasteiger partial charge on any atom is 0.190 e. The van der Waals surface area contributed by atoms with Crippen LogP contribution in [0.4, 0.5) is 0 Å². The highest BCUT2D eigenvalue weighted by Crippen LogP contribution is 1.90. The molecule has 0 radical (unpaired) electrons. The van der Waals surface area contributed by atoms with Crippen LogP contribution in [0.1, 0.15) is 19.8 Å². The molecule has 0 aromatic heterocycles. The topological polar surface area (TPSA) is 62.4 Å². The zero-order valence-electron chi connectivity index (χ0n) is 8.22. The van der Waals surface area contributed by atoms with Crippen LogP contribution < -0.4 is 16.4 Å². The van der Waals surface area contributed by atoms with Crippen molar-refractivity contribution >= 4 is 5.96 Å². The van der Waals surface area contributed by atoms with Gasteiger partial charge in [0.25, 0.3) is 0 Å². The van der Waals surface area contributed by atoms with Gasteiger partial charge in [0.1, 0.15) is 0 Å². The van der Waals surface area contributed by atoms with Gasteiger partial charge in [0.05, 0.1) is 0 Å². The third-order valence-electron chi connectivity index (χ3n) is 1.59. The van der Waals surface area contributed by atoms with Crippen LogP contribution in [-0.2, 0) is 0 Å². The van der Waals surface area contributed by atoms with Crippen LogP contribution in [0.25, 0.3) is 0 Å². The maximum absolute atomic E-state index is 5.60. The van der Waals surface area contributed by atoms with Gasteiger partial charge in [-0.25, -0.2) is 0 Å². The summed E-state index contributed by atoms with van der Waals surface area (Å²) in [5, 5.41) is 6.11. The largest absolute Gasteiger partial charge is 0.359 e. The quantitative estimate of drug-likeness (QED) is 0.315. The van der Waals surface area contributed by atoms with Crippen molar-refractivity contribution in [1.82, 2.24) is 10.6 Å². The second-order valence-corrected chi connectivity index (χ2v) is 2.87. The van der Waals surface area contributed by atoms with Crippen molar-refractivity contribution in [2.75, 3.05) is 20.6 Å². The molecule has 0 heterocycles. The lowest BCUT2D eigenvalue weighted by atomic mass is 10.2. The number of nitrogens with two attached hydrogens (primary N) is 1. The third-order valence-corrected chi connectivity index (χ3v) is 1.59. The average Bonchev–Trinajstić information content (AvgIpc) is 2.04. The van der Waals surface area contributed by atoms with Gasteiger partial charge < -0.3 is 16.4 Å². The number of nitrogens with one attached hydrogen (secondary N) is 2. The zero-order chi connectivity index (χ0) is 9.40. The Kier molecular flexibility index (Phi) is 6.47. The Bertz CT molecular complexity index is 131. The Morgan fingerprint density at radius 1 is 1.58 bits per heavy atom. The van der Waals surface area contributed by atoms with E-state index < -0.39 is 0 Å². The van der Waals surface area contributed by atoms with E-state index in [0.717, 1.165) is 25.3 Å². The molecule has 12 heavy (non-hydrogen) atoms. The second kappa shape index (κ2) is 6.91. The Hall–Kier alpha value is -0.770. The first-order chi connectivity index (χ1) is 5.70. The molecule has 0 saturated heterocycles. The number of hydrogen-bond acceptors (Lipinski definition) is 2. The van der Waals surface area contributed by atoms with Crippen molar-refractivity contribution in [2.45, 2.75) is 25.8 Å². The molecule has 4 nitrogen and oxygen atoms in total. The number of hydrogen-bond donors (Lipinski definition) is 3. The van der Waals surface area contributed by atoms with E-state index in [1.165, 1.54) is 0 Å². The van der Waals surface area contributed by atoms with Gasteiger partial charge in [-0.15, -0.1) is 0 Å². The molecule has 0 aliphatic heterocycles. The molecule has 4 N–H and O–H groups in total. The molecule has 0 rings (SSSR count). The SMILES string of the molecule is CN=C(NC)NCCCC(C)N. The van der Waals surface area contributed by atoms with E-state index in [2.05, 4.69) is 15.6 Å². The van der Waals surface area contributed by atoms with Gasteiger partial charge in [0.2, 0.25) is 0 Å². The Balaban J connectivity index is 3.30. The second-order valence-electron chi connectivity index (χ2n) is 2.87. The fraction of sp³-hybridized carbons (Fsp3) is 0.875. The summed E-state index contributed by atoms with van der Waals surface area (Å²) in [6.07, 6.45) is 2.13. The summed E-state index contributed by atoms with van der Waals surface area (Å²) in [5.74, 6) is 0.833. The molecular formula is C8H20N4. The molecule has 0 aromatic carbocycles. The molecule has 0 amide bonds. The summed E-state index contributed by atoms with van der Waals surface area (Å²) in [4.78, 5) is 3.99. The van der Waals surface area contributed by atoms with Crippen molar-refractivity contribution in [3.05, 3.63) is 0 Å². The van der Waals surface area contributed by atoms with Crippen LogP contribution in [-0.4, -0.2) is 32.6 Å². The van der Waals surface area contributed by atoms with Crippen molar-refractivity contribution in [1.29, 1.82) is 0 Å². The molecule has 1 atom stereocenters. The minimum atomic E-state index is 0.295. The number of nitrogens with zero attached hydrogens (tertiary/aromatic N) is 1. The van der Waals surface area contributed by atoms with Crippen molar-refractivity contribution in [2.24, 2.45) is 10.7 Å². The summed E-state index contributed by atoms with van der Waals surface area (Å²) in [6.45, 7) is 2.95. The summed E-state index contributed by atoms with van der Waals surface area (Å²) in [7, 11) is 3.60. The van der Waals surface area contributed by atoms with E-state index in [-0.39, 0.29) is 0 Å². The fourth-order valence-corrected chi connectivity index (χ4v) is 0.910. The van der Waals surface area contributed by atoms with Gasteiger partial charge in [-0.05, 0) is 19.8 Å². The van der Waals surface area contributed by atoms with Crippen molar-refractivity contribution in [3.8, 4) is 0 Å². The molecule has 0 aliphatic rings. The van der Waals surface area contributed by atoms with Gasteiger partial charge in [0.15, 0.2) is 5.96 Å². The van der Waals surface area contributed by atoms with E-state index in [0.29, 0.717) is 6.04 Å². The van der Waals surface area contributed by atoms with E-state index in [1.54, 1.807) is 7.05 Å². The number of guanidine groups is 1. The summed E-state index contributed by atoms with van der Waals surface area (Å²) in [6, 6.07) is 0.295. The normalized spacial score (nSPS) is 14.2. The number of aliphatic imine (C=N–C) groups is 1.